The third kappa shape index (κ3) is 5.27. The van der Waals surface area contributed by atoms with Crippen LogP contribution in [-0.4, -0.2) is 17.6 Å². The first-order valence-electron chi connectivity index (χ1n) is 9.15. The Hall–Kier alpha value is -2.46. The van der Waals surface area contributed by atoms with Crippen molar-refractivity contribution in [2.75, 3.05) is 6.54 Å². The molecule has 0 saturated heterocycles. The average Bonchev–Trinajstić information content (AvgIpc) is 2.69. The number of amides is 1. The van der Waals surface area contributed by atoms with Crippen molar-refractivity contribution in [1.82, 2.24) is 10.6 Å². The third-order valence-electron chi connectivity index (χ3n) is 4.60. The van der Waals surface area contributed by atoms with E-state index < -0.39 is 0 Å². The lowest BCUT2D eigenvalue weighted by atomic mass is 9.97. The van der Waals surface area contributed by atoms with Crippen LogP contribution >= 0.6 is 12.2 Å². The Labute approximate surface area is 160 Å². The van der Waals surface area contributed by atoms with Gasteiger partial charge in [0.2, 0.25) is 0 Å². The van der Waals surface area contributed by atoms with E-state index in [1.807, 2.05) is 42.5 Å². The molecule has 2 aromatic rings. The summed E-state index contributed by atoms with van der Waals surface area (Å²) in [5, 5.41) is 6.27. The number of hydrogen-bond acceptors (Lipinski definition) is 2. The van der Waals surface area contributed by atoms with Gasteiger partial charge in [-0.05, 0) is 67.6 Å². The standard InChI is InChI=1S/C22H24N2OS/c25-21(24-22(26)23-16-15-17-7-3-1-4-8-17)20-13-11-19(12-14-20)18-9-5-2-6-10-18/h2,5-7,9-14H,1,3-4,8,15-16H2,(H2,23,24,25,26). The summed E-state index contributed by atoms with van der Waals surface area (Å²) < 4.78 is 0. The molecule has 3 nitrogen and oxygen atoms in total. The summed E-state index contributed by atoms with van der Waals surface area (Å²) in [7, 11) is 0. The number of allylic oxidation sites excluding steroid dienone is 1. The Morgan fingerprint density at radius 1 is 0.962 bits per heavy atom. The lowest BCUT2D eigenvalue weighted by molar-refractivity contribution is 0.0976. The fraction of sp³-hybridized carbons (Fsp3) is 0.273. The molecule has 0 atom stereocenters. The van der Waals surface area contributed by atoms with Gasteiger partial charge < -0.3 is 5.32 Å². The molecule has 0 aromatic heterocycles. The van der Waals surface area contributed by atoms with E-state index in [-0.39, 0.29) is 5.91 Å². The lowest BCUT2D eigenvalue weighted by Crippen LogP contribution is -2.39. The molecule has 3 rings (SSSR count). The summed E-state index contributed by atoms with van der Waals surface area (Å²) in [4.78, 5) is 12.3. The summed E-state index contributed by atoms with van der Waals surface area (Å²) in [6.07, 6.45) is 8.29. The Morgan fingerprint density at radius 3 is 2.38 bits per heavy atom. The fourth-order valence-corrected chi connectivity index (χ4v) is 3.33. The van der Waals surface area contributed by atoms with Crippen molar-refractivity contribution in [3.63, 3.8) is 0 Å². The summed E-state index contributed by atoms with van der Waals surface area (Å²) in [5.41, 5.74) is 4.32. The normalized spacial score (nSPS) is 13.6. The molecule has 0 heterocycles. The highest BCUT2D eigenvalue weighted by Gasteiger charge is 2.09. The van der Waals surface area contributed by atoms with Gasteiger partial charge in [-0.25, -0.2) is 0 Å². The molecular weight excluding hydrogens is 340 g/mol. The van der Waals surface area contributed by atoms with E-state index in [0.29, 0.717) is 10.7 Å². The molecular formula is C22H24N2OS. The molecule has 134 valence electrons. The molecule has 0 radical (unpaired) electrons. The lowest BCUT2D eigenvalue weighted by Gasteiger charge is -2.14. The van der Waals surface area contributed by atoms with Crippen molar-refractivity contribution in [2.45, 2.75) is 32.1 Å². The Kier molecular flexibility index (Phi) is 6.56. The third-order valence-corrected chi connectivity index (χ3v) is 4.84. The van der Waals surface area contributed by atoms with Crippen LogP contribution in [0.5, 0.6) is 0 Å². The van der Waals surface area contributed by atoms with E-state index in [9.17, 15) is 4.79 Å². The SMILES string of the molecule is O=C(NC(=S)NCCC1=CCCCC1)c1ccc(-c2ccccc2)cc1. The van der Waals surface area contributed by atoms with Gasteiger partial charge in [0.25, 0.3) is 5.91 Å². The minimum absolute atomic E-state index is 0.181. The molecule has 2 N–H and O–H groups in total. The van der Waals surface area contributed by atoms with Gasteiger partial charge in [0, 0.05) is 12.1 Å². The number of carbonyl (C=O) groups is 1. The predicted octanol–water partition coefficient (Wildman–Crippen LogP) is 4.85. The van der Waals surface area contributed by atoms with Crippen molar-refractivity contribution < 1.29 is 4.79 Å². The zero-order valence-electron chi connectivity index (χ0n) is 14.8. The smallest absolute Gasteiger partial charge is 0.257 e. The first-order chi connectivity index (χ1) is 12.7. The van der Waals surface area contributed by atoms with E-state index >= 15 is 0 Å². The van der Waals surface area contributed by atoms with Crippen LogP contribution in [0.25, 0.3) is 11.1 Å². The van der Waals surface area contributed by atoms with Crippen LogP contribution in [0.3, 0.4) is 0 Å². The first kappa shape index (κ1) is 18.3. The molecule has 0 saturated carbocycles. The molecule has 0 unspecified atom stereocenters. The second-order valence-electron chi connectivity index (χ2n) is 6.51. The summed E-state index contributed by atoms with van der Waals surface area (Å²) >= 11 is 5.24. The van der Waals surface area contributed by atoms with Crippen LogP contribution in [0.15, 0.2) is 66.2 Å². The summed E-state index contributed by atoms with van der Waals surface area (Å²) in [5.74, 6) is -0.181. The number of hydrogen-bond donors (Lipinski definition) is 2. The topological polar surface area (TPSA) is 41.1 Å². The van der Waals surface area contributed by atoms with Gasteiger partial charge in [-0.1, -0.05) is 54.1 Å². The molecule has 0 aliphatic heterocycles. The zero-order chi connectivity index (χ0) is 18.2. The molecule has 26 heavy (non-hydrogen) atoms. The van der Waals surface area contributed by atoms with Gasteiger partial charge in [0.05, 0.1) is 0 Å². The Morgan fingerprint density at radius 2 is 1.69 bits per heavy atom. The van der Waals surface area contributed by atoms with Crippen LogP contribution in [0.2, 0.25) is 0 Å². The molecule has 2 aromatic carbocycles. The molecule has 1 aliphatic carbocycles. The predicted molar refractivity (Wildman–Crippen MR) is 111 cm³/mol. The van der Waals surface area contributed by atoms with Crippen LogP contribution in [0, 0.1) is 0 Å². The Bertz CT molecular complexity index is 782. The summed E-state index contributed by atoms with van der Waals surface area (Å²) in [6.45, 7) is 0.762. The molecule has 0 bridgehead atoms. The largest absolute Gasteiger partial charge is 0.362 e. The second kappa shape index (κ2) is 9.30. The average molecular weight is 365 g/mol. The number of nitrogens with one attached hydrogen (secondary N) is 2. The van der Waals surface area contributed by atoms with Crippen LogP contribution in [-0.2, 0) is 0 Å². The molecule has 1 aliphatic rings. The van der Waals surface area contributed by atoms with Gasteiger partial charge >= 0.3 is 0 Å². The van der Waals surface area contributed by atoms with E-state index in [1.54, 1.807) is 0 Å². The second-order valence-corrected chi connectivity index (χ2v) is 6.92. The van der Waals surface area contributed by atoms with Gasteiger partial charge in [-0.2, -0.15) is 0 Å². The Balaban J connectivity index is 1.48. The molecule has 1 amide bonds. The highest BCUT2D eigenvalue weighted by Crippen LogP contribution is 2.20. The maximum Gasteiger partial charge on any atom is 0.257 e. The molecule has 0 spiro atoms. The van der Waals surface area contributed by atoms with Crippen LogP contribution in [0.4, 0.5) is 0 Å². The van der Waals surface area contributed by atoms with Gasteiger partial charge in [-0.15, -0.1) is 0 Å². The number of benzene rings is 2. The van der Waals surface area contributed by atoms with Crippen LogP contribution < -0.4 is 10.6 Å². The van der Waals surface area contributed by atoms with E-state index in [1.165, 1.54) is 31.3 Å². The van der Waals surface area contributed by atoms with E-state index in [0.717, 1.165) is 24.1 Å². The number of rotatable bonds is 5. The number of carbonyl (C=O) groups excluding carboxylic acids is 1. The van der Waals surface area contributed by atoms with E-state index in [2.05, 4.69) is 28.8 Å². The van der Waals surface area contributed by atoms with Crippen molar-refractivity contribution in [1.29, 1.82) is 0 Å². The van der Waals surface area contributed by atoms with Crippen molar-refractivity contribution >= 4 is 23.2 Å². The highest BCUT2D eigenvalue weighted by molar-refractivity contribution is 7.80. The monoisotopic (exact) mass is 364 g/mol. The summed E-state index contributed by atoms with van der Waals surface area (Å²) in [6, 6.07) is 17.7. The van der Waals surface area contributed by atoms with Gasteiger partial charge in [0.1, 0.15) is 0 Å². The van der Waals surface area contributed by atoms with Crippen molar-refractivity contribution in [3.05, 3.63) is 71.8 Å². The van der Waals surface area contributed by atoms with Crippen molar-refractivity contribution in [3.8, 4) is 11.1 Å². The zero-order valence-corrected chi connectivity index (χ0v) is 15.6. The molecule has 4 heteroatoms. The first-order valence-corrected chi connectivity index (χ1v) is 9.56. The van der Waals surface area contributed by atoms with Crippen molar-refractivity contribution in [2.24, 2.45) is 0 Å². The maximum atomic E-state index is 12.3. The minimum Gasteiger partial charge on any atom is -0.362 e. The highest BCUT2D eigenvalue weighted by atomic mass is 32.1. The number of thiocarbonyl (C=S) groups is 1. The molecule has 0 fully saturated rings. The van der Waals surface area contributed by atoms with Gasteiger partial charge in [-0.3, -0.25) is 10.1 Å². The minimum atomic E-state index is -0.181. The quantitative estimate of drug-likeness (QED) is 0.589. The maximum absolute atomic E-state index is 12.3. The van der Waals surface area contributed by atoms with Crippen LogP contribution in [0.1, 0.15) is 42.5 Å². The van der Waals surface area contributed by atoms with Gasteiger partial charge in [0.15, 0.2) is 5.11 Å². The fourth-order valence-electron chi connectivity index (χ4n) is 3.13. The van der Waals surface area contributed by atoms with E-state index in [4.69, 9.17) is 12.2 Å².